The van der Waals surface area contributed by atoms with Gasteiger partial charge in [-0.25, -0.2) is 0 Å². The van der Waals surface area contributed by atoms with Gasteiger partial charge in [-0.1, -0.05) is 6.07 Å². The fourth-order valence-corrected chi connectivity index (χ4v) is 1.94. The lowest BCUT2D eigenvalue weighted by Gasteiger charge is -2.08. The summed E-state index contributed by atoms with van der Waals surface area (Å²) in [6, 6.07) is 7.44. The second-order valence-corrected chi connectivity index (χ2v) is 4.38. The van der Waals surface area contributed by atoms with E-state index in [9.17, 15) is 5.11 Å². The van der Waals surface area contributed by atoms with Gasteiger partial charge in [0.1, 0.15) is 0 Å². The highest BCUT2D eigenvalue weighted by Gasteiger charge is 2.02. The molecule has 5 heteroatoms. The summed E-state index contributed by atoms with van der Waals surface area (Å²) in [7, 11) is 3.48. The molecule has 0 radical (unpaired) electrons. The first-order valence-corrected chi connectivity index (χ1v) is 6.24. The highest BCUT2D eigenvalue weighted by atomic mass is 16.5. The van der Waals surface area contributed by atoms with E-state index in [-0.39, 0.29) is 5.75 Å². The number of phenols is 1. The number of methoxy groups -OCH3 is 1. The quantitative estimate of drug-likeness (QED) is 0.773. The summed E-state index contributed by atoms with van der Waals surface area (Å²) in [5, 5.41) is 17.1. The molecule has 0 saturated carbocycles. The van der Waals surface area contributed by atoms with E-state index in [2.05, 4.69) is 10.4 Å². The van der Waals surface area contributed by atoms with E-state index in [1.54, 1.807) is 25.4 Å². The van der Waals surface area contributed by atoms with Gasteiger partial charge in [0.2, 0.25) is 0 Å². The molecule has 2 N–H and O–H groups in total. The lowest BCUT2D eigenvalue weighted by Crippen LogP contribution is -2.17. The summed E-state index contributed by atoms with van der Waals surface area (Å²) in [6.45, 7) is 1.59. The molecule has 1 aromatic heterocycles. The molecule has 0 aliphatic carbocycles. The van der Waals surface area contributed by atoms with E-state index in [4.69, 9.17) is 4.74 Å². The SMILES string of the molecule is COc1ccc(CNCCc2ccnn2C)cc1O. The molecule has 1 heterocycles. The summed E-state index contributed by atoms with van der Waals surface area (Å²) in [6.07, 6.45) is 2.73. The minimum Gasteiger partial charge on any atom is -0.504 e. The van der Waals surface area contributed by atoms with Crippen molar-refractivity contribution in [3.63, 3.8) is 0 Å². The Kier molecular flexibility index (Phi) is 4.41. The van der Waals surface area contributed by atoms with E-state index >= 15 is 0 Å². The zero-order chi connectivity index (χ0) is 13.7. The first-order valence-electron chi connectivity index (χ1n) is 6.24. The van der Waals surface area contributed by atoms with Gasteiger partial charge in [0.25, 0.3) is 0 Å². The maximum Gasteiger partial charge on any atom is 0.160 e. The third-order valence-corrected chi connectivity index (χ3v) is 3.05. The molecule has 0 atom stereocenters. The molecule has 0 aliphatic rings. The van der Waals surface area contributed by atoms with E-state index in [1.165, 1.54) is 5.69 Å². The average molecular weight is 261 g/mol. The largest absolute Gasteiger partial charge is 0.504 e. The Labute approximate surface area is 112 Å². The number of nitrogens with zero attached hydrogens (tertiary/aromatic N) is 2. The molecule has 102 valence electrons. The van der Waals surface area contributed by atoms with Crippen molar-refractivity contribution in [1.29, 1.82) is 0 Å². The first kappa shape index (κ1) is 13.4. The summed E-state index contributed by atoms with van der Waals surface area (Å²) in [5.74, 6) is 0.673. The van der Waals surface area contributed by atoms with Crippen LogP contribution in [-0.2, 0) is 20.0 Å². The Balaban J connectivity index is 1.80. The monoisotopic (exact) mass is 261 g/mol. The number of nitrogens with one attached hydrogen (secondary N) is 1. The van der Waals surface area contributed by atoms with Crippen molar-refractivity contribution in [2.24, 2.45) is 7.05 Å². The lowest BCUT2D eigenvalue weighted by molar-refractivity contribution is 0.373. The zero-order valence-corrected chi connectivity index (χ0v) is 11.3. The van der Waals surface area contributed by atoms with Crippen LogP contribution in [0.15, 0.2) is 30.5 Å². The fraction of sp³-hybridized carbons (Fsp3) is 0.357. The Morgan fingerprint density at radius 1 is 1.37 bits per heavy atom. The molecule has 0 spiro atoms. The van der Waals surface area contributed by atoms with Crippen molar-refractivity contribution in [1.82, 2.24) is 15.1 Å². The van der Waals surface area contributed by atoms with Crippen molar-refractivity contribution in [3.05, 3.63) is 41.7 Å². The van der Waals surface area contributed by atoms with Gasteiger partial charge in [0.15, 0.2) is 11.5 Å². The minimum absolute atomic E-state index is 0.174. The van der Waals surface area contributed by atoms with Crippen LogP contribution in [0.25, 0.3) is 0 Å². The number of phenolic OH excluding ortho intramolecular Hbond substituents is 1. The van der Waals surface area contributed by atoms with E-state index in [1.807, 2.05) is 23.9 Å². The predicted octanol–water partition coefficient (Wildman–Crippen LogP) is 1.47. The lowest BCUT2D eigenvalue weighted by atomic mass is 10.2. The molecule has 5 nitrogen and oxygen atoms in total. The summed E-state index contributed by atoms with van der Waals surface area (Å²) < 4.78 is 6.88. The van der Waals surface area contributed by atoms with Crippen LogP contribution in [-0.4, -0.2) is 28.5 Å². The molecular weight excluding hydrogens is 242 g/mol. The van der Waals surface area contributed by atoms with Gasteiger partial charge in [0.05, 0.1) is 7.11 Å². The van der Waals surface area contributed by atoms with Crippen LogP contribution in [0, 0.1) is 0 Å². The zero-order valence-electron chi connectivity index (χ0n) is 11.3. The minimum atomic E-state index is 0.174. The van der Waals surface area contributed by atoms with E-state index < -0.39 is 0 Å². The molecule has 0 aliphatic heterocycles. The Hall–Kier alpha value is -2.01. The van der Waals surface area contributed by atoms with Crippen molar-refractivity contribution in [2.75, 3.05) is 13.7 Å². The molecule has 1 aromatic carbocycles. The molecule has 0 fully saturated rings. The number of aryl methyl sites for hydroxylation is 1. The van der Waals surface area contributed by atoms with Crippen LogP contribution < -0.4 is 10.1 Å². The number of hydrogen-bond acceptors (Lipinski definition) is 4. The van der Waals surface area contributed by atoms with Gasteiger partial charge < -0.3 is 15.2 Å². The van der Waals surface area contributed by atoms with Gasteiger partial charge in [-0.2, -0.15) is 5.10 Å². The summed E-state index contributed by atoms with van der Waals surface area (Å²) in [5.41, 5.74) is 2.23. The van der Waals surface area contributed by atoms with Crippen molar-refractivity contribution in [3.8, 4) is 11.5 Å². The number of aromatic nitrogens is 2. The molecule has 2 aromatic rings. The van der Waals surface area contributed by atoms with Crippen molar-refractivity contribution < 1.29 is 9.84 Å². The predicted molar refractivity (Wildman–Crippen MR) is 73.3 cm³/mol. The summed E-state index contributed by atoms with van der Waals surface area (Å²) >= 11 is 0. The van der Waals surface area contributed by atoms with Gasteiger partial charge in [-0.3, -0.25) is 4.68 Å². The van der Waals surface area contributed by atoms with Gasteiger partial charge >= 0.3 is 0 Å². The highest BCUT2D eigenvalue weighted by molar-refractivity contribution is 5.41. The van der Waals surface area contributed by atoms with E-state index in [0.717, 1.165) is 25.1 Å². The standard InChI is InChI=1S/C14H19N3O2/c1-17-12(6-8-16-17)5-7-15-10-11-3-4-14(19-2)13(18)9-11/h3-4,6,8-9,15,18H,5,7,10H2,1-2H3. The second kappa shape index (κ2) is 6.24. The molecule has 0 unspecified atom stereocenters. The third kappa shape index (κ3) is 3.48. The Morgan fingerprint density at radius 3 is 2.84 bits per heavy atom. The maximum absolute atomic E-state index is 9.67. The first-order chi connectivity index (χ1) is 9.20. The number of aromatic hydroxyl groups is 1. The highest BCUT2D eigenvalue weighted by Crippen LogP contribution is 2.25. The molecular formula is C14H19N3O2. The number of rotatable bonds is 6. The van der Waals surface area contributed by atoms with Crippen LogP contribution in [0.3, 0.4) is 0 Å². The summed E-state index contributed by atoms with van der Waals surface area (Å²) in [4.78, 5) is 0. The molecule has 0 bridgehead atoms. The Bertz CT molecular complexity index is 537. The topological polar surface area (TPSA) is 59.3 Å². The molecule has 0 amide bonds. The van der Waals surface area contributed by atoms with Crippen molar-refractivity contribution >= 4 is 0 Å². The average Bonchev–Trinajstić information content (AvgIpc) is 2.80. The Morgan fingerprint density at radius 2 is 2.21 bits per heavy atom. The van der Waals surface area contributed by atoms with Crippen LogP contribution >= 0.6 is 0 Å². The fourth-order valence-electron chi connectivity index (χ4n) is 1.94. The van der Waals surface area contributed by atoms with E-state index in [0.29, 0.717) is 5.75 Å². The normalized spacial score (nSPS) is 10.6. The van der Waals surface area contributed by atoms with Crippen LogP contribution in [0.1, 0.15) is 11.3 Å². The van der Waals surface area contributed by atoms with Crippen LogP contribution in [0.5, 0.6) is 11.5 Å². The number of ether oxygens (including phenoxy) is 1. The number of benzene rings is 1. The second-order valence-electron chi connectivity index (χ2n) is 4.38. The smallest absolute Gasteiger partial charge is 0.160 e. The maximum atomic E-state index is 9.67. The van der Waals surface area contributed by atoms with Gasteiger partial charge in [0, 0.05) is 38.4 Å². The molecule has 2 rings (SSSR count). The van der Waals surface area contributed by atoms with Crippen molar-refractivity contribution in [2.45, 2.75) is 13.0 Å². The molecule has 0 saturated heterocycles. The number of hydrogen-bond donors (Lipinski definition) is 2. The van der Waals surface area contributed by atoms with Gasteiger partial charge in [-0.05, 0) is 23.8 Å². The molecule has 19 heavy (non-hydrogen) atoms. The van der Waals surface area contributed by atoms with Gasteiger partial charge in [-0.15, -0.1) is 0 Å². The van der Waals surface area contributed by atoms with Crippen LogP contribution in [0.4, 0.5) is 0 Å². The third-order valence-electron chi connectivity index (χ3n) is 3.05. The van der Waals surface area contributed by atoms with Crippen LogP contribution in [0.2, 0.25) is 0 Å².